The molecule has 3 rings (SSSR count). The van der Waals surface area contributed by atoms with Crippen LogP contribution in [0, 0.1) is 0 Å². The Kier molecular flexibility index (Phi) is 6.65. The van der Waals surface area contributed by atoms with Gasteiger partial charge in [0, 0.05) is 44.7 Å². The Morgan fingerprint density at radius 2 is 1.96 bits per heavy atom. The number of likely N-dealkylation sites (tertiary alicyclic amines) is 1. The van der Waals surface area contributed by atoms with Crippen molar-refractivity contribution in [2.24, 2.45) is 10.1 Å². The molecule has 0 unspecified atom stereocenters. The van der Waals surface area contributed by atoms with Crippen LogP contribution in [0.1, 0.15) is 31.2 Å². The first-order chi connectivity index (χ1) is 11.9. The van der Waals surface area contributed by atoms with Crippen molar-refractivity contribution < 1.29 is 13.2 Å². The fourth-order valence-electron chi connectivity index (χ4n) is 3.24. The second kappa shape index (κ2) is 8.37. The summed E-state index contributed by atoms with van der Waals surface area (Å²) in [6.07, 6.45) is 2.81. The number of piperidine rings is 1. The van der Waals surface area contributed by atoms with Crippen LogP contribution in [-0.2, 0) is 14.8 Å². The highest BCUT2D eigenvalue weighted by Gasteiger charge is 2.30. The van der Waals surface area contributed by atoms with Crippen LogP contribution in [0.5, 0.6) is 0 Å². The minimum atomic E-state index is -3.60. The number of amides is 1. The number of hydrogen-bond acceptors (Lipinski definition) is 5. The molecule has 2 aliphatic heterocycles. The van der Waals surface area contributed by atoms with E-state index in [2.05, 4.69) is 4.40 Å². The molecule has 2 heterocycles. The van der Waals surface area contributed by atoms with E-state index in [9.17, 15) is 13.2 Å². The Morgan fingerprint density at radius 3 is 2.65 bits per heavy atom. The van der Waals surface area contributed by atoms with E-state index >= 15 is 0 Å². The number of nitrogens with zero attached hydrogens (tertiary/aromatic N) is 3. The first-order valence-corrected chi connectivity index (χ1v) is 10.0. The molecule has 26 heavy (non-hydrogen) atoms. The lowest BCUT2D eigenvalue weighted by Gasteiger charge is -2.30. The maximum Gasteiger partial charge on any atom is 0.285 e. The molecule has 0 spiro atoms. The molecule has 0 radical (unpaired) electrons. The van der Waals surface area contributed by atoms with Gasteiger partial charge in [-0.1, -0.05) is 12.1 Å². The third-order valence-electron chi connectivity index (χ3n) is 4.75. The summed E-state index contributed by atoms with van der Waals surface area (Å²) in [6.45, 7) is 2.03. The molecule has 1 amide bonds. The SMILES string of the molecule is CN(CCCC(=O)N1CCC(N)CC1)C1=NS(=O)(=O)c2ccccc21.Cl. The van der Waals surface area contributed by atoms with Crippen molar-refractivity contribution in [3.05, 3.63) is 29.8 Å². The van der Waals surface area contributed by atoms with Crippen LogP contribution in [0.25, 0.3) is 0 Å². The highest BCUT2D eigenvalue weighted by Crippen LogP contribution is 2.27. The van der Waals surface area contributed by atoms with E-state index in [1.807, 2.05) is 9.80 Å². The van der Waals surface area contributed by atoms with Crippen molar-refractivity contribution >= 4 is 34.2 Å². The average molecular weight is 401 g/mol. The van der Waals surface area contributed by atoms with Gasteiger partial charge in [-0.25, -0.2) is 0 Å². The summed E-state index contributed by atoms with van der Waals surface area (Å²) in [5, 5.41) is 0. The van der Waals surface area contributed by atoms with E-state index in [1.54, 1.807) is 31.3 Å². The minimum absolute atomic E-state index is 0. The fourth-order valence-corrected chi connectivity index (χ4v) is 4.50. The summed E-state index contributed by atoms with van der Waals surface area (Å²) >= 11 is 0. The summed E-state index contributed by atoms with van der Waals surface area (Å²) in [5.74, 6) is 0.591. The molecule has 2 aliphatic rings. The Balaban J connectivity index is 0.00000243. The van der Waals surface area contributed by atoms with Gasteiger partial charge in [-0.2, -0.15) is 8.42 Å². The number of sulfonamides is 1. The lowest BCUT2D eigenvalue weighted by Crippen LogP contribution is -2.43. The van der Waals surface area contributed by atoms with E-state index in [-0.39, 0.29) is 29.3 Å². The lowest BCUT2D eigenvalue weighted by atomic mass is 10.1. The van der Waals surface area contributed by atoms with Crippen LogP contribution in [-0.4, -0.2) is 62.7 Å². The maximum absolute atomic E-state index is 12.2. The molecule has 9 heteroatoms. The van der Waals surface area contributed by atoms with Crippen molar-refractivity contribution in [1.82, 2.24) is 9.80 Å². The van der Waals surface area contributed by atoms with Crippen LogP contribution in [0.4, 0.5) is 0 Å². The van der Waals surface area contributed by atoms with Crippen molar-refractivity contribution in [1.29, 1.82) is 0 Å². The molecule has 144 valence electrons. The van der Waals surface area contributed by atoms with E-state index < -0.39 is 10.0 Å². The standard InChI is InChI=1S/C17H24N4O3S.ClH/c1-20(10-4-7-16(22)21-11-8-13(18)9-12-21)17-14-5-2-3-6-15(14)25(23,24)19-17;/h2-3,5-6,13H,4,7-12,18H2,1H3;1H. The van der Waals surface area contributed by atoms with Crippen LogP contribution >= 0.6 is 12.4 Å². The molecule has 0 saturated carbocycles. The molecule has 1 aromatic rings. The number of carbonyl (C=O) groups is 1. The first kappa shape index (κ1) is 20.7. The molecule has 0 atom stereocenters. The molecule has 1 saturated heterocycles. The molecule has 7 nitrogen and oxygen atoms in total. The summed E-state index contributed by atoms with van der Waals surface area (Å²) in [5.41, 5.74) is 6.49. The van der Waals surface area contributed by atoms with Gasteiger partial charge < -0.3 is 15.5 Å². The average Bonchev–Trinajstić information content (AvgIpc) is 2.87. The normalized spacial score (nSPS) is 18.7. The number of rotatable bonds is 4. The van der Waals surface area contributed by atoms with E-state index in [0.717, 1.165) is 25.9 Å². The van der Waals surface area contributed by atoms with Crippen LogP contribution < -0.4 is 5.73 Å². The zero-order chi connectivity index (χ0) is 18.0. The van der Waals surface area contributed by atoms with Gasteiger partial charge in [0.15, 0.2) is 0 Å². The zero-order valence-electron chi connectivity index (χ0n) is 14.8. The summed E-state index contributed by atoms with van der Waals surface area (Å²) in [6, 6.07) is 7.03. The van der Waals surface area contributed by atoms with Gasteiger partial charge in [-0.15, -0.1) is 16.8 Å². The largest absolute Gasteiger partial charge is 0.358 e. The molecule has 0 aromatic heterocycles. The summed E-state index contributed by atoms with van der Waals surface area (Å²) in [4.78, 5) is 16.2. The molecule has 1 aromatic carbocycles. The highest BCUT2D eigenvalue weighted by atomic mass is 35.5. The molecule has 2 N–H and O–H groups in total. The number of halogens is 1. The van der Waals surface area contributed by atoms with Gasteiger partial charge in [-0.3, -0.25) is 4.79 Å². The minimum Gasteiger partial charge on any atom is -0.358 e. The monoisotopic (exact) mass is 400 g/mol. The Hall–Kier alpha value is -1.64. The topological polar surface area (TPSA) is 96.1 Å². The predicted molar refractivity (Wildman–Crippen MR) is 103 cm³/mol. The molecule has 0 aliphatic carbocycles. The smallest absolute Gasteiger partial charge is 0.285 e. The highest BCUT2D eigenvalue weighted by molar-refractivity contribution is 7.90. The lowest BCUT2D eigenvalue weighted by molar-refractivity contribution is -0.132. The molecular weight excluding hydrogens is 376 g/mol. The molecule has 1 fully saturated rings. The zero-order valence-corrected chi connectivity index (χ0v) is 16.4. The van der Waals surface area contributed by atoms with E-state index in [4.69, 9.17) is 5.73 Å². The predicted octanol–water partition coefficient (Wildman–Crippen LogP) is 1.22. The van der Waals surface area contributed by atoms with Gasteiger partial charge in [0.05, 0.1) is 0 Å². The quantitative estimate of drug-likeness (QED) is 0.819. The Labute approximate surface area is 160 Å². The Bertz CT molecular complexity index is 789. The fraction of sp³-hybridized carbons (Fsp3) is 0.529. The van der Waals surface area contributed by atoms with Crippen LogP contribution in [0.2, 0.25) is 0 Å². The maximum atomic E-state index is 12.2. The van der Waals surface area contributed by atoms with Crippen LogP contribution in [0.15, 0.2) is 33.6 Å². The summed E-state index contributed by atoms with van der Waals surface area (Å²) in [7, 11) is -1.80. The van der Waals surface area contributed by atoms with Gasteiger partial charge >= 0.3 is 0 Å². The van der Waals surface area contributed by atoms with E-state index in [1.165, 1.54) is 0 Å². The first-order valence-electron chi connectivity index (χ1n) is 8.57. The summed E-state index contributed by atoms with van der Waals surface area (Å²) < 4.78 is 28.1. The van der Waals surface area contributed by atoms with Gasteiger partial charge in [-0.05, 0) is 31.4 Å². The number of fused-ring (bicyclic) bond motifs is 1. The molecule has 0 bridgehead atoms. The van der Waals surface area contributed by atoms with Crippen molar-refractivity contribution in [2.45, 2.75) is 36.6 Å². The van der Waals surface area contributed by atoms with Crippen LogP contribution in [0.3, 0.4) is 0 Å². The molecular formula is C17H25ClN4O3S. The second-order valence-electron chi connectivity index (χ2n) is 6.63. The van der Waals surface area contributed by atoms with Crippen molar-refractivity contribution in [2.75, 3.05) is 26.7 Å². The Morgan fingerprint density at radius 1 is 1.31 bits per heavy atom. The van der Waals surface area contributed by atoms with Crippen molar-refractivity contribution in [3.63, 3.8) is 0 Å². The third kappa shape index (κ3) is 4.36. The second-order valence-corrected chi connectivity index (χ2v) is 8.20. The van der Waals surface area contributed by atoms with Gasteiger partial charge in [0.1, 0.15) is 10.7 Å². The van der Waals surface area contributed by atoms with Gasteiger partial charge in [0.2, 0.25) is 5.91 Å². The van der Waals surface area contributed by atoms with Crippen molar-refractivity contribution in [3.8, 4) is 0 Å². The van der Waals surface area contributed by atoms with Gasteiger partial charge in [0.25, 0.3) is 10.0 Å². The number of amidine groups is 1. The number of nitrogens with two attached hydrogens (primary N) is 1. The number of hydrogen-bond donors (Lipinski definition) is 1. The number of carbonyl (C=O) groups excluding carboxylic acids is 1. The van der Waals surface area contributed by atoms with E-state index in [0.29, 0.717) is 30.8 Å². The number of benzene rings is 1. The third-order valence-corrected chi connectivity index (χ3v) is 6.08.